The number of nitrogens with zero attached hydrogens (tertiary/aromatic N) is 1. The third-order valence-corrected chi connectivity index (χ3v) is 2.62. The molecule has 2 nitrogen and oxygen atoms in total. The van der Waals surface area contributed by atoms with Crippen molar-refractivity contribution in [3.8, 4) is 0 Å². The summed E-state index contributed by atoms with van der Waals surface area (Å²) in [7, 11) is 0. The Labute approximate surface area is 103 Å². The molecule has 0 bridgehead atoms. The van der Waals surface area contributed by atoms with Crippen LogP contribution >= 0.6 is 0 Å². The number of carbonyl (C=O) groups is 1. The van der Waals surface area contributed by atoms with Crippen molar-refractivity contribution in [2.75, 3.05) is 13.1 Å². The number of hydrogen-bond acceptors (Lipinski definition) is 2. The maximum atomic E-state index is 11.0. The highest BCUT2D eigenvalue weighted by atomic mass is 16.1. The standard InChI is InChI=1S/C15H19NO/c1-3-16(4-2)12-8-11-15(13-17)14-9-6-5-7-10-14/h5-13H,3-4H2,1-2H3/b12-8+,15-11-. The number of benzene rings is 1. The maximum absolute atomic E-state index is 11.0. The quantitative estimate of drug-likeness (QED) is 0.424. The molecule has 1 aromatic rings. The SMILES string of the molecule is CCN(/C=C/C=C(/C=O)c1ccccc1)CC. The fourth-order valence-electron chi connectivity index (χ4n) is 1.54. The van der Waals surface area contributed by atoms with Crippen LogP contribution in [0.5, 0.6) is 0 Å². The molecule has 0 aliphatic heterocycles. The van der Waals surface area contributed by atoms with E-state index in [9.17, 15) is 4.79 Å². The van der Waals surface area contributed by atoms with Gasteiger partial charge in [0, 0.05) is 18.7 Å². The zero-order valence-corrected chi connectivity index (χ0v) is 10.5. The summed E-state index contributed by atoms with van der Waals surface area (Å²) in [4.78, 5) is 13.2. The van der Waals surface area contributed by atoms with E-state index >= 15 is 0 Å². The number of carbonyl (C=O) groups excluding carboxylic acids is 1. The summed E-state index contributed by atoms with van der Waals surface area (Å²) in [5.74, 6) is 0. The minimum atomic E-state index is 0.703. The van der Waals surface area contributed by atoms with Crippen molar-refractivity contribution in [1.82, 2.24) is 4.90 Å². The van der Waals surface area contributed by atoms with Gasteiger partial charge in [-0.05, 0) is 37.8 Å². The molecule has 0 atom stereocenters. The predicted molar refractivity (Wildman–Crippen MR) is 72.5 cm³/mol. The molecule has 1 aromatic carbocycles. The van der Waals surface area contributed by atoms with Gasteiger partial charge in [-0.1, -0.05) is 30.3 Å². The first kappa shape index (κ1) is 13.2. The van der Waals surface area contributed by atoms with Gasteiger partial charge < -0.3 is 4.90 Å². The molecule has 0 heterocycles. The van der Waals surface area contributed by atoms with Crippen LogP contribution in [-0.4, -0.2) is 24.3 Å². The third-order valence-electron chi connectivity index (χ3n) is 2.62. The fraction of sp³-hybridized carbons (Fsp3) is 0.267. The summed E-state index contributed by atoms with van der Waals surface area (Å²) in [5.41, 5.74) is 1.65. The van der Waals surface area contributed by atoms with Crippen molar-refractivity contribution in [1.29, 1.82) is 0 Å². The Morgan fingerprint density at radius 2 is 1.82 bits per heavy atom. The van der Waals surface area contributed by atoms with E-state index in [0.717, 1.165) is 24.9 Å². The summed E-state index contributed by atoms with van der Waals surface area (Å²) in [6, 6.07) is 9.68. The lowest BCUT2D eigenvalue weighted by Gasteiger charge is -2.13. The Kier molecular flexibility index (Phi) is 5.80. The molecular formula is C15H19NO. The minimum absolute atomic E-state index is 0.703. The molecule has 0 amide bonds. The highest BCUT2D eigenvalue weighted by Crippen LogP contribution is 2.11. The molecule has 17 heavy (non-hydrogen) atoms. The molecule has 90 valence electrons. The molecule has 0 aromatic heterocycles. The second-order valence-corrected chi connectivity index (χ2v) is 3.67. The van der Waals surface area contributed by atoms with Crippen molar-refractivity contribution < 1.29 is 4.79 Å². The van der Waals surface area contributed by atoms with Crippen LogP contribution < -0.4 is 0 Å². The van der Waals surface area contributed by atoms with Gasteiger partial charge in [-0.15, -0.1) is 0 Å². The first-order valence-corrected chi connectivity index (χ1v) is 5.95. The molecule has 0 unspecified atom stereocenters. The van der Waals surface area contributed by atoms with E-state index in [0.29, 0.717) is 5.57 Å². The van der Waals surface area contributed by atoms with E-state index in [1.807, 2.05) is 48.7 Å². The summed E-state index contributed by atoms with van der Waals surface area (Å²) in [6.45, 7) is 6.16. The number of allylic oxidation sites excluding steroid dienone is 3. The Hall–Kier alpha value is -1.83. The molecular weight excluding hydrogens is 210 g/mol. The molecule has 0 saturated heterocycles. The molecule has 0 spiro atoms. The molecule has 0 aliphatic carbocycles. The smallest absolute Gasteiger partial charge is 0.150 e. The third kappa shape index (κ3) is 4.27. The molecule has 0 saturated carbocycles. The minimum Gasteiger partial charge on any atom is -0.378 e. The van der Waals surface area contributed by atoms with Crippen LogP contribution in [0, 0.1) is 0 Å². The molecule has 2 heteroatoms. The average Bonchev–Trinajstić information content (AvgIpc) is 2.40. The molecule has 0 radical (unpaired) electrons. The highest BCUT2D eigenvalue weighted by Gasteiger charge is 1.96. The summed E-state index contributed by atoms with van der Waals surface area (Å²) in [5, 5.41) is 0. The summed E-state index contributed by atoms with van der Waals surface area (Å²) < 4.78 is 0. The van der Waals surface area contributed by atoms with Gasteiger partial charge in [-0.25, -0.2) is 0 Å². The monoisotopic (exact) mass is 229 g/mol. The Bertz CT molecular complexity index is 389. The van der Waals surface area contributed by atoms with E-state index in [-0.39, 0.29) is 0 Å². The zero-order chi connectivity index (χ0) is 12.5. The Morgan fingerprint density at radius 3 is 2.35 bits per heavy atom. The largest absolute Gasteiger partial charge is 0.378 e. The van der Waals surface area contributed by atoms with E-state index in [4.69, 9.17) is 0 Å². The van der Waals surface area contributed by atoms with Crippen molar-refractivity contribution >= 4 is 11.9 Å². The average molecular weight is 229 g/mol. The van der Waals surface area contributed by atoms with Crippen molar-refractivity contribution in [3.63, 3.8) is 0 Å². The lowest BCUT2D eigenvalue weighted by Crippen LogP contribution is -2.14. The van der Waals surface area contributed by atoms with E-state index in [1.165, 1.54) is 0 Å². The Morgan fingerprint density at radius 1 is 1.18 bits per heavy atom. The van der Waals surface area contributed by atoms with Gasteiger partial charge in [0.15, 0.2) is 6.29 Å². The first-order chi connectivity index (χ1) is 8.31. The van der Waals surface area contributed by atoms with Gasteiger partial charge in [0.25, 0.3) is 0 Å². The topological polar surface area (TPSA) is 20.3 Å². The fourth-order valence-corrected chi connectivity index (χ4v) is 1.54. The van der Waals surface area contributed by atoms with Crippen LogP contribution in [0.25, 0.3) is 5.57 Å². The van der Waals surface area contributed by atoms with Crippen LogP contribution in [0.15, 0.2) is 48.7 Å². The van der Waals surface area contributed by atoms with Crippen molar-refractivity contribution in [3.05, 3.63) is 54.2 Å². The van der Waals surface area contributed by atoms with Crippen LogP contribution in [0.4, 0.5) is 0 Å². The van der Waals surface area contributed by atoms with Gasteiger partial charge in [0.1, 0.15) is 0 Å². The predicted octanol–water partition coefficient (Wildman–Crippen LogP) is 3.12. The molecule has 0 aliphatic rings. The van der Waals surface area contributed by atoms with Crippen LogP contribution in [0.3, 0.4) is 0 Å². The van der Waals surface area contributed by atoms with Crippen LogP contribution in [-0.2, 0) is 4.79 Å². The highest BCUT2D eigenvalue weighted by molar-refractivity contribution is 6.07. The summed E-state index contributed by atoms with van der Waals surface area (Å²) >= 11 is 0. The second-order valence-electron chi connectivity index (χ2n) is 3.67. The number of hydrogen-bond donors (Lipinski definition) is 0. The van der Waals surface area contributed by atoms with Crippen LogP contribution in [0.2, 0.25) is 0 Å². The lowest BCUT2D eigenvalue weighted by molar-refractivity contribution is -0.103. The normalized spacial score (nSPS) is 11.8. The summed E-state index contributed by atoms with van der Waals surface area (Å²) in [6.07, 6.45) is 6.67. The lowest BCUT2D eigenvalue weighted by atomic mass is 10.1. The Balaban J connectivity index is 2.78. The van der Waals surface area contributed by atoms with Gasteiger partial charge in [0.05, 0.1) is 0 Å². The first-order valence-electron chi connectivity index (χ1n) is 5.95. The second kappa shape index (κ2) is 7.44. The molecule has 0 N–H and O–H groups in total. The van der Waals surface area contributed by atoms with Crippen molar-refractivity contribution in [2.24, 2.45) is 0 Å². The number of aldehydes is 1. The van der Waals surface area contributed by atoms with E-state index in [1.54, 1.807) is 0 Å². The maximum Gasteiger partial charge on any atom is 0.150 e. The molecule has 1 rings (SSSR count). The van der Waals surface area contributed by atoms with Crippen LogP contribution in [0.1, 0.15) is 19.4 Å². The van der Waals surface area contributed by atoms with E-state index in [2.05, 4.69) is 18.7 Å². The van der Waals surface area contributed by atoms with Gasteiger partial charge in [-0.2, -0.15) is 0 Å². The zero-order valence-electron chi connectivity index (χ0n) is 10.5. The van der Waals surface area contributed by atoms with Gasteiger partial charge in [-0.3, -0.25) is 4.79 Å². The van der Waals surface area contributed by atoms with Gasteiger partial charge >= 0.3 is 0 Å². The number of rotatable bonds is 6. The van der Waals surface area contributed by atoms with Gasteiger partial charge in [0.2, 0.25) is 0 Å². The van der Waals surface area contributed by atoms with E-state index < -0.39 is 0 Å². The van der Waals surface area contributed by atoms with Crippen molar-refractivity contribution in [2.45, 2.75) is 13.8 Å². The molecule has 0 fully saturated rings.